The maximum absolute atomic E-state index is 13.1. The topological polar surface area (TPSA) is 12.0 Å². The largest absolute Gasteiger partial charge is 0.320 e. The highest BCUT2D eigenvalue weighted by atomic mass is 19.1. The summed E-state index contributed by atoms with van der Waals surface area (Å²) in [4.78, 5) is 0. The van der Waals surface area contributed by atoms with Crippen LogP contribution >= 0.6 is 0 Å². The van der Waals surface area contributed by atoms with Crippen LogP contribution in [-0.2, 0) is 6.42 Å². The number of halogens is 1. The second kappa shape index (κ2) is 6.15. The van der Waals surface area contributed by atoms with Crippen molar-refractivity contribution in [3.05, 3.63) is 35.1 Å². The summed E-state index contributed by atoms with van der Waals surface area (Å²) in [7, 11) is 1.99. The number of hydrogen-bond acceptors (Lipinski definition) is 1. The second-order valence-electron chi connectivity index (χ2n) is 5.60. The van der Waals surface area contributed by atoms with E-state index < -0.39 is 0 Å². The summed E-state index contributed by atoms with van der Waals surface area (Å²) in [6, 6.07) is 5.44. The van der Waals surface area contributed by atoms with Crippen LogP contribution < -0.4 is 5.32 Å². The maximum atomic E-state index is 13.1. The third kappa shape index (κ3) is 4.86. The molecule has 0 aliphatic heterocycles. The third-order valence-corrected chi connectivity index (χ3v) is 3.36. The molecule has 0 saturated carbocycles. The maximum Gasteiger partial charge on any atom is 0.126 e. The lowest BCUT2D eigenvalue weighted by atomic mass is 9.83. The quantitative estimate of drug-likeness (QED) is 0.795. The number of benzene rings is 1. The van der Waals surface area contributed by atoms with Gasteiger partial charge in [-0.1, -0.05) is 26.0 Å². The molecule has 0 radical (unpaired) electrons. The minimum absolute atomic E-state index is 0.108. The summed E-state index contributed by atoms with van der Waals surface area (Å²) in [5.41, 5.74) is 2.32. The fourth-order valence-corrected chi connectivity index (χ4v) is 1.93. The Bertz CT molecular complexity index is 358. The van der Waals surface area contributed by atoms with Gasteiger partial charge in [0.05, 0.1) is 0 Å². The highest BCUT2D eigenvalue weighted by Crippen LogP contribution is 2.26. The molecule has 0 saturated heterocycles. The Morgan fingerprint density at radius 1 is 1.24 bits per heavy atom. The van der Waals surface area contributed by atoms with Gasteiger partial charge in [-0.2, -0.15) is 0 Å². The molecule has 0 amide bonds. The zero-order chi connectivity index (χ0) is 12.9. The number of hydrogen-bond donors (Lipinski definition) is 1. The Balaban J connectivity index is 2.51. The van der Waals surface area contributed by atoms with E-state index >= 15 is 0 Å². The Kier molecular flexibility index (Phi) is 5.13. The van der Waals surface area contributed by atoms with Gasteiger partial charge in [0.15, 0.2) is 0 Å². The van der Waals surface area contributed by atoms with Gasteiger partial charge >= 0.3 is 0 Å². The van der Waals surface area contributed by atoms with Gasteiger partial charge in [0.2, 0.25) is 0 Å². The van der Waals surface area contributed by atoms with Crippen LogP contribution in [0.25, 0.3) is 0 Å². The summed E-state index contributed by atoms with van der Waals surface area (Å²) in [5, 5.41) is 3.19. The van der Waals surface area contributed by atoms with Crippen LogP contribution in [-0.4, -0.2) is 13.6 Å². The van der Waals surface area contributed by atoms with Crippen LogP contribution in [0.15, 0.2) is 18.2 Å². The molecule has 0 heterocycles. The van der Waals surface area contributed by atoms with Gasteiger partial charge in [-0.05, 0) is 62.4 Å². The first-order chi connectivity index (χ1) is 7.94. The minimum Gasteiger partial charge on any atom is -0.320 e. The summed E-state index contributed by atoms with van der Waals surface area (Å²) < 4.78 is 13.1. The van der Waals surface area contributed by atoms with Gasteiger partial charge in [-0.3, -0.25) is 0 Å². The molecule has 0 unspecified atom stereocenters. The molecule has 1 rings (SSSR count). The van der Waals surface area contributed by atoms with Crippen LogP contribution in [0.1, 0.15) is 37.8 Å². The molecular formula is C15H24FN. The van der Waals surface area contributed by atoms with Gasteiger partial charge in [0.1, 0.15) is 5.82 Å². The normalized spacial score (nSPS) is 11.8. The summed E-state index contributed by atoms with van der Waals surface area (Å²) >= 11 is 0. The van der Waals surface area contributed by atoms with E-state index in [9.17, 15) is 4.39 Å². The molecule has 1 aromatic carbocycles. The first-order valence-corrected chi connectivity index (χ1v) is 6.34. The Morgan fingerprint density at radius 2 is 1.94 bits per heavy atom. The molecule has 2 heteroatoms. The minimum atomic E-state index is -0.108. The van der Waals surface area contributed by atoms with Gasteiger partial charge in [-0.15, -0.1) is 0 Å². The van der Waals surface area contributed by atoms with Crippen molar-refractivity contribution in [3.63, 3.8) is 0 Å². The molecule has 96 valence electrons. The van der Waals surface area contributed by atoms with E-state index in [1.807, 2.05) is 26.1 Å². The van der Waals surface area contributed by atoms with E-state index in [0.717, 1.165) is 24.9 Å². The second-order valence-corrected chi connectivity index (χ2v) is 5.60. The van der Waals surface area contributed by atoms with Crippen molar-refractivity contribution in [2.24, 2.45) is 5.41 Å². The summed E-state index contributed by atoms with van der Waals surface area (Å²) in [6.07, 6.45) is 3.33. The SMILES string of the molecule is CNCCC(C)(C)CCc1ccc(F)c(C)c1. The first-order valence-electron chi connectivity index (χ1n) is 6.34. The summed E-state index contributed by atoms with van der Waals surface area (Å²) in [6.45, 7) is 7.46. The fraction of sp³-hybridized carbons (Fsp3) is 0.600. The van der Waals surface area contributed by atoms with Crippen molar-refractivity contribution in [2.75, 3.05) is 13.6 Å². The van der Waals surface area contributed by atoms with Crippen molar-refractivity contribution in [1.29, 1.82) is 0 Å². The third-order valence-electron chi connectivity index (χ3n) is 3.36. The van der Waals surface area contributed by atoms with E-state index in [0.29, 0.717) is 5.41 Å². The number of aryl methyl sites for hydroxylation is 2. The highest BCUT2D eigenvalue weighted by Gasteiger charge is 2.16. The monoisotopic (exact) mass is 237 g/mol. The molecule has 0 spiro atoms. The first kappa shape index (κ1) is 14.2. The van der Waals surface area contributed by atoms with Crippen molar-refractivity contribution in [1.82, 2.24) is 5.32 Å². The molecule has 0 bridgehead atoms. The van der Waals surface area contributed by atoms with Gasteiger partial charge in [0.25, 0.3) is 0 Å². The predicted octanol–water partition coefficient (Wildman–Crippen LogP) is 3.70. The van der Waals surface area contributed by atoms with Crippen LogP contribution in [0.3, 0.4) is 0 Å². The van der Waals surface area contributed by atoms with E-state index in [2.05, 4.69) is 19.2 Å². The van der Waals surface area contributed by atoms with Crippen molar-refractivity contribution >= 4 is 0 Å². The zero-order valence-electron chi connectivity index (χ0n) is 11.4. The van der Waals surface area contributed by atoms with Gasteiger partial charge in [-0.25, -0.2) is 4.39 Å². The Labute approximate surface area is 104 Å². The molecular weight excluding hydrogens is 213 g/mol. The average molecular weight is 237 g/mol. The van der Waals surface area contributed by atoms with E-state index in [4.69, 9.17) is 0 Å². The fourth-order valence-electron chi connectivity index (χ4n) is 1.93. The van der Waals surface area contributed by atoms with Crippen molar-refractivity contribution in [2.45, 2.75) is 40.0 Å². The van der Waals surface area contributed by atoms with Crippen LogP contribution in [0.4, 0.5) is 4.39 Å². The molecule has 0 aliphatic rings. The standard InChI is InChI=1S/C15H24FN/c1-12-11-13(5-6-14(12)16)7-8-15(2,3)9-10-17-4/h5-6,11,17H,7-10H2,1-4H3. The average Bonchev–Trinajstić information content (AvgIpc) is 2.28. The highest BCUT2D eigenvalue weighted by molar-refractivity contribution is 5.24. The molecule has 0 aromatic heterocycles. The predicted molar refractivity (Wildman–Crippen MR) is 71.8 cm³/mol. The number of rotatable bonds is 6. The van der Waals surface area contributed by atoms with E-state index in [1.54, 1.807) is 6.07 Å². The van der Waals surface area contributed by atoms with Gasteiger partial charge < -0.3 is 5.32 Å². The molecule has 0 fully saturated rings. The Morgan fingerprint density at radius 3 is 2.53 bits per heavy atom. The lowest BCUT2D eigenvalue weighted by Gasteiger charge is -2.24. The van der Waals surface area contributed by atoms with Crippen molar-refractivity contribution < 1.29 is 4.39 Å². The zero-order valence-corrected chi connectivity index (χ0v) is 11.4. The smallest absolute Gasteiger partial charge is 0.126 e. The van der Waals surface area contributed by atoms with E-state index in [1.165, 1.54) is 12.0 Å². The van der Waals surface area contributed by atoms with Crippen LogP contribution in [0, 0.1) is 18.2 Å². The molecule has 0 atom stereocenters. The van der Waals surface area contributed by atoms with Gasteiger partial charge in [0, 0.05) is 0 Å². The number of nitrogens with one attached hydrogen (secondary N) is 1. The Hall–Kier alpha value is -0.890. The van der Waals surface area contributed by atoms with Crippen molar-refractivity contribution in [3.8, 4) is 0 Å². The van der Waals surface area contributed by atoms with Crippen LogP contribution in [0.5, 0.6) is 0 Å². The lowest BCUT2D eigenvalue weighted by Crippen LogP contribution is -2.20. The molecule has 17 heavy (non-hydrogen) atoms. The molecule has 1 aromatic rings. The molecule has 1 N–H and O–H groups in total. The van der Waals surface area contributed by atoms with Crippen LogP contribution in [0.2, 0.25) is 0 Å². The molecule has 1 nitrogen and oxygen atoms in total. The summed E-state index contributed by atoms with van der Waals surface area (Å²) in [5.74, 6) is -0.108. The van der Waals surface area contributed by atoms with E-state index in [-0.39, 0.29) is 5.82 Å². The molecule has 0 aliphatic carbocycles. The lowest BCUT2D eigenvalue weighted by molar-refractivity contribution is 0.305.